The molecular formula is C31H30FIN2O6. The van der Waals surface area contributed by atoms with Gasteiger partial charge in [-0.25, -0.2) is 14.0 Å². The normalized spacial score (nSPS) is 31.3. The summed E-state index contributed by atoms with van der Waals surface area (Å²) in [4.78, 5) is 51.7. The molecule has 0 atom stereocenters. The van der Waals surface area contributed by atoms with Crippen molar-refractivity contribution < 1.29 is 33.0 Å². The van der Waals surface area contributed by atoms with Crippen LogP contribution in [0.15, 0.2) is 48.5 Å². The van der Waals surface area contributed by atoms with E-state index in [2.05, 4.69) is 0 Å². The predicted molar refractivity (Wildman–Crippen MR) is 156 cm³/mol. The average Bonchev–Trinajstić information content (AvgIpc) is 2.94. The molecule has 7 aliphatic rings. The zero-order valence-corrected chi connectivity index (χ0v) is 24.5. The van der Waals surface area contributed by atoms with Crippen LogP contribution in [-0.4, -0.2) is 46.1 Å². The molecule has 3 aliphatic heterocycles. The maximum atomic E-state index is 12.9. The van der Waals surface area contributed by atoms with Crippen LogP contribution in [0.1, 0.15) is 44.9 Å². The molecule has 9 rings (SSSR count). The molecule has 41 heavy (non-hydrogen) atoms. The standard InChI is InChI=1S/C22H22INO5.C9H8FNO/c25-18-5-6-24(18)17-3-1-16(2-4-17)23-19-20(26)28-22(29-21(19)27)14-8-12-7-13(10-14)11-15(22)9-12;10-7-1-3-8(4-2-7)11-6-5-9(11)12/h1-4,12-15H,5-11H2;1-4H,5-6H2/i;10-1. The largest absolute Gasteiger partial charge is 0.418 e. The second kappa shape index (κ2) is 10.3. The van der Waals surface area contributed by atoms with E-state index in [9.17, 15) is 23.6 Å². The van der Waals surface area contributed by atoms with Crippen LogP contribution >= 0.6 is 20.7 Å². The molecule has 2 amide bonds. The molecule has 7 fully saturated rings. The smallest absolute Gasteiger partial charge is 0.354 e. The third-order valence-electron chi connectivity index (χ3n) is 9.32. The summed E-state index contributed by atoms with van der Waals surface area (Å²) in [7, 11) is 0. The van der Waals surface area contributed by atoms with E-state index in [1.165, 1.54) is 18.6 Å². The van der Waals surface area contributed by atoms with E-state index < -0.39 is 38.5 Å². The van der Waals surface area contributed by atoms with Gasteiger partial charge in [0.2, 0.25) is 11.8 Å². The Morgan fingerprint density at radius 3 is 1.56 bits per heavy atom. The predicted octanol–water partition coefficient (Wildman–Crippen LogP) is 4.55. The maximum Gasteiger partial charge on any atom is 0.354 e. The zero-order chi connectivity index (χ0) is 28.3. The Morgan fingerprint density at radius 1 is 0.683 bits per heavy atom. The summed E-state index contributed by atoms with van der Waals surface area (Å²) in [5, 5.41) is 0. The third-order valence-corrected chi connectivity index (χ3v) is 12.1. The summed E-state index contributed by atoms with van der Waals surface area (Å²) >= 11 is -0.996. The van der Waals surface area contributed by atoms with Gasteiger partial charge >= 0.3 is 11.9 Å². The van der Waals surface area contributed by atoms with Crippen LogP contribution in [-0.2, 0) is 28.7 Å². The van der Waals surface area contributed by atoms with Crippen molar-refractivity contribution in [3.8, 4) is 0 Å². The number of carbonyl (C=O) groups excluding carboxylic acids is 4. The van der Waals surface area contributed by atoms with Crippen molar-refractivity contribution in [2.75, 3.05) is 22.9 Å². The highest BCUT2D eigenvalue weighted by molar-refractivity contribution is 14.2. The lowest BCUT2D eigenvalue weighted by Gasteiger charge is -2.59. The molecule has 3 saturated heterocycles. The number of nitrogens with zero attached hydrogens (tertiary/aromatic N) is 2. The third kappa shape index (κ3) is 4.77. The number of benzene rings is 2. The molecule has 3 heterocycles. The number of anilines is 2. The van der Waals surface area contributed by atoms with Crippen LogP contribution in [0.3, 0.4) is 0 Å². The molecule has 8 nitrogen and oxygen atoms in total. The van der Waals surface area contributed by atoms with E-state index in [-0.39, 0.29) is 33.0 Å². The molecule has 4 saturated carbocycles. The number of esters is 2. The molecule has 0 unspecified atom stereocenters. The minimum absolute atomic E-state index is 0.113. The van der Waals surface area contributed by atoms with Gasteiger partial charge in [-0.3, -0.25) is 9.59 Å². The highest BCUT2D eigenvalue weighted by atomic mass is 127. The molecule has 10 heteroatoms. The summed E-state index contributed by atoms with van der Waals surface area (Å²) < 4.78 is 25.5. The number of hydrogen-bond acceptors (Lipinski definition) is 6. The summed E-state index contributed by atoms with van der Waals surface area (Å²) in [6.45, 7) is 1.50. The molecule has 0 aromatic heterocycles. The van der Waals surface area contributed by atoms with Crippen LogP contribution in [0.5, 0.6) is 0 Å². The molecule has 214 valence electrons. The van der Waals surface area contributed by atoms with Gasteiger partial charge in [0.05, 0.1) is 0 Å². The zero-order valence-electron chi connectivity index (χ0n) is 22.4. The Bertz CT molecular complexity index is 1410. The van der Waals surface area contributed by atoms with Crippen LogP contribution in [0, 0.1) is 33.1 Å². The summed E-state index contributed by atoms with van der Waals surface area (Å²) in [6, 6.07) is 13.5. The first kappa shape index (κ1) is 26.7. The fourth-order valence-corrected chi connectivity index (χ4v) is 9.33. The van der Waals surface area contributed by atoms with Gasteiger partial charge in [0, 0.05) is 52.7 Å². The van der Waals surface area contributed by atoms with Crippen molar-refractivity contribution in [2.45, 2.75) is 50.7 Å². The highest BCUT2D eigenvalue weighted by Gasteiger charge is 2.64. The minimum Gasteiger partial charge on any atom is -0.418 e. The Balaban J connectivity index is 0.000000193. The Morgan fingerprint density at radius 2 is 1.15 bits per heavy atom. The van der Waals surface area contributed by atoms with Gasteiger partial charge < -0.3 is 19.3 Å². The van der Waals surface area contributed by atoms with Crippen molar-refractivity contribution in [3.05, 3.63) is 57.9 Å². The molecule has 4 bridgehead atoms. The second-order valence-corrected chi connectivity index (χ2v) is 14.6. The van der Waals surface area contributed by atoms with E-state index in [0.717, 1.165) is 53.7 Å². The topological polar surface area (TPSA) is 93.2 Å². The average molecular weight is 671 g/mol. The van der Waals surface area contributed by atoms with Gasteiger partial charge in [-0.2, -0.15) is 0 Å². The fraction of sp³-hybridized carbons (Fsp3) is 0.452. The van der Waals surface area contributed by atoms with E-state index in [0.29, 0.717) is 24.7 Å². The summed E-state index contributed by atoms with van der Waals surface area (Å²) in [6.07, 6.45) is 6.52. The highest BCUT2D eigenvalue weighted by Crippen LogP contribution is 2.60. The monoisotopic (exact) mass is 671 g/mol. The van der Waals surface area contributed by atoms with Gasteiger partial charge in [-0.1, -0.05) is 20.7 Å². The van der Waals surface area contributed by atoms with Crippen molar-refractivity contribution >= 4 is 59.4 Å². The molecule has 2 aromatic carbocycles. The molecule has 0 N–H and O–H groups in total. The Hall–Kier alpha value is -3.15. The van der Waals surface area contributed by atoms with Gasteiger partial charge in [0.15, 0.2) is 3.51 Å². The second-order valence-electron chi connectivity index (χ2n) is 11.8. The first-order valence-electron chi connectivity index (χ1n) is 14.2. The van der Waals surface area contributed by atoms with Gasteiger partial charge in [0.1, 0.15) is 5.82 Å². The van der Waals surface area contributed by atoms with Crippen molar-refractivity contribution in [1.82, 2.24) is 0 Å². The number of amides is 2. The quantitative estimate of drug-likeness (QED) is 0.270. The number of ether oxygens (including phenoxy) is 2. The van der Waals surface area contributed by atoms with Crippen LogP contribution in [0.25, 0.3) is 0 Å². The molecule has 4 aliphatic carbocycles. The van der Waals surface area contributed by atoms with Gasteiger partial charge in [-0.15, -0.1) is 0 Å². The lowest BCUT2D eigenvalue weighted by atomic mass is 9.53. The maximum absolute atomic E-state index is 12.9. The van der Waals surface area contributed by atoms with Crippen LogP contribution in [0.2, 0.25) is 0 Å². The van der Waals surface area contributed by atoms with Crippen molar-refractivity contribution in [2.24, 2.45) is 23.7 Å². The Labute approximate surface area is 246 Å². The van der Waals surface area contributed by atoms with Crippen molar-refractivity contribution in [3.63, 3.8) is 0 Å². The molecule has 0 radical (unpaired) electrons. The van der Waals surface area contributed by atoms with Crippen LogP contribution in [0.4, 0.5) is 15.8 Å². The molecular weight excluding hydrogens is 641 g/mol. The summed E-state index contributed by atoms with van der Waals surface area (Å²) in [5.74, 6) is -0.233. The van der Waals surface area contributed by atoms with E-state index in [1.807, 2.05) is 24.3 Å². The number of hydrogen-bond donors (Lipinski definition) is 0. The fourth-order valence-electron chi connectivity index (χ4n) is 7.33. The number of β-lactam (4-membered cyclic amide) rings is 2. The molecule has 1 spiro atoms. The number of halogens is 2. The van der Waals surface area contributed by atoms with Crippen molar-refractivity contribution in [1.29, 1.82) is 0 Å². The van der Waals surface area contributed by atoms with Gasteiger partial charge in [0.25, 0.3) is 5.79 Å². The first-order chi connectivity index (χ1) is 19.8. The minimum atomic E-state index is -1.00. The van der Waals surface area contributed by atoms with E-state index in [4.69, 9.17) is 9.47 Å². The number of carbonyl (C=O) groups is 4. The van der Waals surface area contributed by atoms with E-state index >= 15 is 0 Å². The van der Waals surface area contributed by atoms with E-state index in [1.54, 1.807) is 21.9 Å². The number of rotatable bonds is 3. The summed E-state index contributed by atoms with van der Waals surface area (Å²) in [5.41, 5.74) is 1.65. The molecule has 2 aromatic rings. The first-order valence-corrected chi connectivity index (χ1v) is 16.4. The van der Waals surface area contributed by atoms with Gasteiger partial charge in [-0.05, 0) is 92.5 Å². The van der Waals surface area contributed by atoms with Crippen LogP contribution < -0.4 is 9.80 Å². The Kier molecular flexibility index (Phi) is 6.71. The lowest BCUT2D eigenvalue weighted by Crippen LogP contribution is -2.65. The SMILES string of the molecule is O=C1CCN1c1ccc([18F])cc1.O=C1OC2(OC(=O)C1=Ic1ccc(N3CCC3=O)cc1)C1CC3CC(C1)CC2C3. The lowest BCUT2D eigenvalue weighted by molar-refractivity contribution is -0.308.